The molecular formula is C13H16ClFO. The molecule has 0 fully saturated rings. The van der Waals surface area contributed by atoms with Gasteiger partial charge in [0.05, 0.1) is 5.02 Å². The molecule has 0 atom stereocenters. The average molecular weight is 243 g/mol. The van der Waals surface area contributed by atoms with Crippen molar-refractivity contribution in [2.24, 2.45) is 5.92 Å². The van der Waals surface area contributed by atoms with Gasteiger partial charge in [0.25, 0.3) is 0 Å². The topological polar surface area (TPSA) is 17.1 Å². The molecule has 0 aliphatic heterocycles. The number of ketones is 1. The minimum absolute atomic E-state index is 0.0549. The lowest BCUT2D eigenvalue weighted by molar-refractivity contribution is -0.122. The molecule has 1 aromatic carbocycles. The monoisotopic (exact) mass is 242 g/mol. The second kappa shape index (κ2) is 6.00. The molecule has 1 nitrogen and oxygen atoms in total. The van der Waals surface area contributed by atoms with Crippen LogP contribution < -0.4 is 0 Å². The van der Waals surface area contributed by atoms with Gasteiger partial charge in [0, 0.05) is 12.3 Å². The number of rotatable bonds is 5. The molecule has 0 aromatic heterocycles. The van der Waals surface area contributed by atoms with Crippen LogP contribution >= 0.6 is 11.6 Å². The second-order valence-corrected chi connectivity index (χ2v) is 4.25. The van der Waals surface area contributed by atoms with Gasteiger partial charge in [-0.1, -0.05) is 37.6 Å². The highest BCUT2D eigenvalue weighted by atomic mass is 35.5. The van der Waals surface area contributed by atoms with Crippen LogP contribution in [0, 0.1) is 11.7 Å². The Morgan fingerprint density at radius 2 is 2.00 bits per heavy atom. The van der Waals surface area contributed by atoms with Crippen molar-refractivity contribution in [1.82, 2.24) is 0 Å². The number of carbonyl (C=O) groups excluding carboxylic acids is 1. The van der Waals surface area contributed by atoms with E-state index in [4.69, 9.17) is 11.6 Å². The van der Waals surface area contributed by atoms with Crippen LogP contribution in [0.4, 0.5) is 4.39 Å². The largest absolute Gasteiger partial charge is 0.299 e. The van der Waals surface area contributed by atoms with Gasteiger partial charge in [-0.2, -0.15) is 0 Å². The van der Waals surface area contributed by atoms with Crippen LogP contribution in [-0.2, 0) is 11.2 Å². The molecule has 1 rings (SSSR count). The molecule has 0 unspecified atom stereocenters. The van der Waals surface area contributed by atoms with Gasteiger partial charge in [-0.05, 0) is 24.5 Å². The van der Waals surface area contributed by atoms with Crippen molar-refractivity contribution in [2.45, 2.75) is 33.1 Å². The van der Waals surface area contributed by atoms with Gasteiger partial charge in [-0.3, -0.25) is 4.79 Å². The van der Waals surface area contributed by atoms with Gasteiger partial charge in [0.2, 0.25) is 0 Å². The number of halogens is 2. The molecule has 1 aromatic rings. The maximum atomic E-state index is 13.2. The molecule has 16 heavy (non-hydrogen) atoms. The zero-order valence-electron chi connectivity index (χ0n) is 9.59. The van der Waals surface area contributed by atoms with Gasteiger partial charge in [0.15, 0.2) is 0 Å². The summed E-state index contributed by atoms with van der Waals surface area (Å²) in [5, 5.41) is 0.0711. The number of Topliss-reactive ketones (excluding diaryl/α,β-unsaturated/α-hetero) is 1. The number of hydrogen-bond donors (Lipinski definition) is 0. The van der Waals surface area contributed by atoms with Gasteiger partial charge in [-0.25, -0.2) is 4.39 Å². The summed E-state index contributed by atoms with van der Waals surface area (Å²) in [6.45, 7) is 3.97. The predicted molar refractivity (Wildman–Crippen MR) is 64.2 cm³/mol. The Morgan fingerprint density at radius 1 is 1.38 bits per heavy atom. The SMILES string of the molecule is CCC(CC)C(=O)Cc1cccc(F)c1Cl. The lowest BCUT2D eigenvalue weighted by atomic mass is 9.93. The fourth-order valence-corrected chi connectivity index (χ4v) is 1.95. The van der Waals surface area contributed by atoms with E-state index in [-0.39, 0.29) is 23.1 Å². The fourth-order valence-electron chi connectivity index (χ4n) is 1.76. The van der Waals surface area contributed by atoms with E-state index in [9.17, 15) is 9.18 Å². The molecule has 0 aliphatic carbocycles. The first-order valence-corrected chi connectivity index (χ1v) is 5.93. The third kappa shape index (κ3) is 3.05. The Labute approximate surface area is 101 Å². The summed E-state index contributed by atoms with van der Waals surface area (Å²) in [5.41, 5.74) is 0.582. The molecule has 0 spiro atoms. The normalized spacial score (nSPS) is 10.8. The summed E-state index contributed by atoms with van der Waals surface area (Å²) >= 11 is 5.80. The van der Waals surface area contributed by atoms with E-state index in [0.29, 0.717) is 5.56 Å². The minimum atomic E-state index is -0.462. The Morgan fingerprint density at radius 3 is 2.56 bits per heavy atom. The minimum Gasteiger partial charge on any atom is -0.299 e. The van der Waals surface area contributed by atoms with E-state index in [1.807, 2.05) is 13.8 Å². The Balaban J connectivity index is 2.80. The van der Waals surface area contributed by atoms with Gasteiger partial charge < -0.3 is 0 Å². The van der Waals surface area contributed by atoms with Crippen LogP contribution in [0.3, 0.4) is 0 Å². The summed E-state index contributed by atoms with van der Waals surface area (Å²) in [6, 6.07) is 4.58. The van der Waals surface area contributed by atoms with Gasteiger partial charge in [-0.15, -0.1) is 0 Å². The van der Waals surface area contributed by atoms with Gasteiger partial charge >= 0.3 is 0 Å². The predicted octanol–water partition coefficient (Wildman–Crippen LogP) is 4.03. The third-order valence-electron chi connectivity index (χ3n) is 2.84. The Hall–Kier alpha value is -0.890. The number of benzene rings is 1. The van der Waals surface area contributed by atoms with Crippen LogP contribution in [0.25, 0.3) is 0 Å². The summed E-state index contributed by atoms with van der Waals surface area (Å²) in [5.74, 6) is -0.270. The molecule has 0 saturated heterocycles. The van der Waals surface area contributed by atoms with Crippen molar-refractivity contribution in [1.29, 1.82) is 0 Å². The first-order valence-electron chi connectivity index (χ1n) is 5.55. The van der Waals surface area contributed by atoms with Crippen molar-refractivity contribution in [3.8, 4) is 0 Å². The average Bonchev–Trinajstić information content (AvgIpc) is 2.26. The smallest absolute Gasteiger partial charge is 0.142 e. The Kier molecular flexibility index (Phi) is 4.94. The highest BCUT2D eigenvalue weighted by molar-refractivity contribution is 6.31. The maximum Gasteiger partial charge on any atom is 0.142 e. The van der Waals surface area contributed by atoms with Crippen molar-refractivity contribution >= 4 is 17.4 Å². The molecule has 0 heterocycles. The molecule has 3 heteroatoms. The lowest BCUT2D eigenvalue weighted by Gasteiger charge is -2.11. The fraction of sp³-hybridized carbons (Fsp3) is 0.462. The molecule has 88 valence electrons. The summed E-state index contributed by atoms with van der Waals surface area (Å²) in [4.78, 5) is 11.9. The molecule has 0 bridgehead atoms. The number of hydrogen-bond acceptors (Lipinski definition) is 1. The Bertz CT molecular complexity index is 372. The first-order chi connectivity index (χ1) is 7.60. The van der Waals surface area contributed by atoms with E-state index < -0.39 is 5.82 Å². The van der Waals surface area contributed by atoms with E-state index in [1.54, 1.807) is 12.1 Å². The highest BCUT2D eigenvalue weighted by Gasteiger charge is 2.16. The van der Waals surface area contributed by atoms with Crippen molar-refractivity contribution < 1.29 is 9.18 Å². The van der Waals surface area contributed by atoms with E-state index in [2.05, 4.69) is 0 Å². The summed E-state index contributed by atoms with van der Waals surface area (Å²) in [7, 11) is 0. The quantitative estimate of drug-likeness (QED) is 0.762. The molecule has 0 amide bonds. The molecule has 0 aliphatic rings. The van der Waals surface area contributed by atoms with Crippen LogP contribution in [0.5, 0.6) is 0 Å². The zero-order chi connectivity index (χ0) is 12.1. The zero-order valence-corrected chi connectivity index (χ0v) is 10.4. The van der Waals surface area contributed by atoms with Crippen LogP contribution in [-0.4, -0.2) is 5.78 Å². The standard InChI is InChI=1S/C13H16ClFO/c1-3-9(4-2)12(16)8-10-6-5-7-11(15)13(10)14/h5-7,9H,3-4,8H2,1-2H3. The third-order valence-corrected chi connectivity index (χ3v) is 3.26. The maximum absolute atomic E-state index is 13.2. The van der Waals surface area contributed by atoms with Crippen LogP contribution in [0.1, 0.15) is 32.3 Å². The van der Waals surface area contributed by atoms with Crippen molar-refractivity contribution in [2.75, 3.05) is 0 Å². The van der Waals surface area contributed by atoms with Crippen LogP contribution in [0.2, 0.25) is 5.02 Å². The molecule has 0 radical (unpaired) electrons. The van der Waals surface area contributed by atoms with Crippen LogP contribution in [0.15, 0.2) is 18.2 Å². The molecular weight excluding hydrogens is 227 g/mol. The van der Waals surface area contributed by atoms with E-state index >= 15 is 0 Å². The highest BCUT2D eigenvalue weighted by Crippen LogP contribution is 2.22. The lowest BCUT2D eigenvalue weighted by Crippen LogP contribution is -2.15. The summed E-state index contributed by atoms with van der Waals surface area (Å²) in [6.07, 6.45) is 1.87. The molecule has 0 saturated carbocycles. The van der Waals surface area contributed by atoms with Crippen molar-refractivity contribution in [3.63, 3.8) is 0 Å². The van der Waals surface area contributed by atoms with E-state index in [1.165, 1.54) is 6.07 Å². The van der Waals surface area contributed by atoms with E-state index in [0.717, 1.165) is 12.8 Å². The summed E-state index contributed by atoms with van der Waals surface area (Å²) < 4.78 is 13.2. The molecule has 0 N–H and O–H groups in total. The first kappa shape index (κ1) is 13.2. The second-order valence-electron chi connectivity index (χ2n) is 3.87. The van der Waals surface area contributed by atoms with Gasteiger partial charge in [0.1, 0.15) is 11.6 Å². The number of carbonyl (C=O) groups is 1. The van der Waals surface area contributed by atoms with Crippen molar-refractivity contribution in [3.05, 3.63) is 34.6 Å².